The van der Waals surface area contributed by atoms with Crippen molar-refractivity contribution in [1.29, 1.82) is 0 Å². The van der Waals surface area contributed by atoms with Crippen LogP contribution in [0.3, 0.4) is 0 Å². The molecule has 0 atom stereocenters. The topological polar surface area (TPSA) is 46.0 Å². The number of hydrogen-bond donors (Lipinski definition) is 1. The zero-order valence-corrected chi connectivity index (χ0v) is 10.5. The smallest absolute Gasteiger partial charge is 0.154 e. The summed E-state index contributed by atoms with van der Waals surface area (Å²) in [6.07, 6.45) is 1.85. The fourth-order valence-electron chi connectivity index (χ4n) is 2.36. The third-order valence-corrected chi connectivity index (χ3v) is 3.30. The minimum atomic E-state index is 0.860. The number of aromatic nitrogens is 4. The Kier molecular flexibility index (Phi) is 2.00. The molecular formula is C15H12N4. The third kappa shape index (κ3) is 1.53. The molecule has 3 aromatic heterocycles. The summed E-state index contributed by atoms with van der Waals surface area (Å²) in [6, 6.07) is 14.3. The monoisotopic (exact) mass is 248 g/mol. The second-order valence-electron chi connectivity index (χ2n) is 4.66. The van der Waals surface area contributed by atoms with Crippen molar-refractivity contribution >= 4 is 16.6 Å². The van der Waals surface area contributed by atoms with E-state index >= 15 is 0 Å². The van der Waals surface area contributed by atoms with E-state index in [2.05, 4.69) is 33.3 Å². The summed E-state index contributed by atoms with van der Waals surface area (Å²) < 4.78 is 1.88. The summed E-state index contributed by atoms with van der Waals surface area (Å²) in [7, 11) is 0. The maximum absolute atomic E-state index is 4.52. The van der Waals surface area contributed by atoms with Gasteiger partial charge < -0.3 is 4.98 Å². The van der Waals surface area contributed by atoms with Crippen LogP contribution < -0.4 is 0 Å². The Bertz CT molecular complexity index is 852. The first-order chi connectivity index (χ1) is 9.31. The molecule has 3 heterocycles. The van der Waals surface area contributed by atoms with Crippen LogP contribution in [0.25, 0.3) is 27.9 Å². The lowest BCUT2D eigenvalue weighted by atomic mass is 10.2. The highest BCUT2D eigenvalue weighted by Gasteiger charge is 2.09. The van der Waals surface area contributed by atoms with Gasteiger partial charge in [0, 0.05) is 10.9 Å². The molecule has 1 N–H and O–H groups in total. The Hall–Kier alpha value is -2.62. The summed E-state index contributed by atoms with van der Waals surface area (Å²) in [5, 5.41) is 5.71. The van der Waals surface area contributed by atoms with Crippen molar-refractivity contribution in [3.8, 4) is 11.4 Å². The minimum absolute atomic E-state index is 0.860. The largest absolute Gasteiger partial charge is 0.353 e. The van der Waals surface area contributed by atoms with Crippen molar-refractivity contribution in [2.24, 2.45) is 0 Å². The fourth-order valence-corrected chi connectivity index (χ4v) is 2.36. The van der Waals surface area contributed by atoms with E-state index in [1.54, 1.807) is 0 Å². The van der Waals surface area contributed by atoms with Crippen LogP contribution in [-0.2, 0) is 0 Å². The van der Waals surface area contributed by atoms with Crippen molar-refractivity contribution in [2.45, 2.75) is 6.92 Å². The first kappa shape index (κ1) is 10.3. The summed E-state index contributed by atoms with van der Waals surface area (Å²) in [5.41, 5.74) is 4.98. The summed E-state index contributed by atoms with van der Waals surface area (Å²) in [5.74, 6) is 0. The van der Waals surface area contributed by atoms with Crippen LogP contribution in [-0.4, -0.2) is 19.6 Å². The van der Waals surface area contributed by atoms with Crippen LogP contribution in [0.1, 0.15) is 5.69 Å². The van der Waals surface area contributed by atoms with Gasteiger partial charge in [-0.3, -0.25) is 0 Å². The molecule has 0 aliphatic rings. The van der Waals surface area contributed by atoms with E-state index in [-0.39, 0.29) is 0 Å². The van der Waals surface area contributed by atoms with Crippen molar-refractivity contribution in [3.05, 3.63) is 54.4 Å². The summed E-state index contributed by atoms with van der Waals surface area (Å²) in [4.78, 5) is 7.80. The molecule has 0 aliphatic heterocycles. The van der Waals surface area contributed by atoms with E-state index < -0.39 is 0 Å². The van der Waals surface area contributed by atoms with Gasteiger partial charge in [-0.2, -0.15) is 5.10 Å². The Balaban J connectivity index is 2.00. The Morgan fingerprint density at radius 1 is 1.11 bits per heavy atom. The van der Waals surface area contributed by atoms with Gasteiger partial charge in [-0.25, -0.2) is 9.50 Å². The van der Waals surface area contributed by atoms with E-state index in [9.17, 15) is 0 Å². The van der Waals surface area contributed by atoms with Gasteiger partial charge in [0.25, 0.3) is 0 Å². The molecule has 0 saturated carbocycles. The molecular weight excluding hydrogens is 236 g/mol. The molecule has 0 fully saturated rings. The van der Waals surface area contributed by atoms with Gasteiger partial charge in [-0.15, -0.1) is 0 Å². The van der Waals surface area contributed by atoms with Crippen LogP contribution >= 0.6 is 0 Å². The lowest BCUT2D eigenvalue weighted by Crippen LogP contribution is -1.95. The average Bonchev–Trinajstić information content (AvgIpc) is 3.00. The zero-order chi connectivity index (χ0) is 12.8. The minimum Gasteiger partial charge on any atom is -0.353 e. The summed E-state index contributed by atoms with van der Waals surface area (Å²) >= 11 is 0. The lowest BCUT2D eigenvalue weighted by molar-refractivity contribution is 0.905. The number of nitrogens with one attached hydrogen (secondary N) is 1. The average molecular weight is 248 g/mol. The number of rotatable bonds is 1. The molecule has 92 valence electrons. The van der Waals surface area contributed by atoms with Crippen LogP contribution in [0, 0.1) is 6.92 Å². The van der Waals surface area contributed by atoms with Gasteiger partial charge in [0.05, 0.1) is 17.6 Å². The first-order valence-electron chi connectivity index (χ1n) is 6.21. The molecule has 0 unspecified atom stereocenters. The SMILES string of the molecule is Cc1ccc2ncc(-c3cc4ccccc4[nH]3)n2n1. The number of nitrogens with zero attached hydrogens (tertiary/aromatic N) is 3. The second kappa shape index (κ2) is 3.68. The highest BCUT2D eigenvalue weighted by atomic mass is 15.3. The number of fused-ring (bicyclic) bond motifs is 2. The first-order valence-corrected chi connectivity index (χ1v) is 6.21. The molecule has 4 nitrogen and oxygen atoms in total. The Labute approximate surface area is 109 Å². The van der Waals surface area contributed by atoms with Crippen molar-refractivity contribution < 1.29 is 0 Å². The molecule has 0 aliphatic carbocycles. The lowest BCUT2D eigenvalue weighted by Gasteiger charge is -1.99. The molecule has 19 heavy (non-hydrogen) atoms. The number of hydrogen-bond acceptors (Lipinski definition) is 2. The molecule has 4 aromatic rings. The predicted molar refractivity (Wildman–Crippen MR) is 75.0 cm³/mol. The quantitative estimate of drug-likeness (QED) is 0.562. The molecule has 0 spiro atoms. The van der Waals surface area contributed by atoms with Gasteiger partial charge in [0.2, 0.25) is 0 Å². The molecule has 4 rings (SSSR count). The van der Waals surface area contributed by atoms with Gasteiger partial charge in [-0.1, -0.05) is 18.2 Å². The third-order valence-electron chi connectivity index (χ3n) is 3.30. The van der Waals surface area contributed by atoms with Gasteiger partial charge >= 0.3 is 0 Å². The van der Waals surface area contributed by atoms with E-state index in [1.165, 1.54) is 5.39 Å². The summed E-state index contributed by atoms with van der Waals surface area (Å²) in [6.45, 7) is 1.98. The van der Waals surface area contributed by atoms with E-state index in [0.717, 1.165) is 28.2 Å². The van der Waals surface area contributed by atoms with Crippen LogP contribution in [0.4, 0.5) is 0 Å². The fraction of sp³-hybridized carbons (Fsp3) is 0.0667. The number of aromatic amines is 1. The number of benzene rings is 1. The molecule has 4 heteroatoms. The number of aryl methyl sites for hydroxylation is 1. The van der Waals surface area contributed by atoms with Gasteiger partial charge in [0.1, 0.15) is 5.69 Å². The van der Waals surface area contributed by atoms with Gasteiger partial charge in [-0.05, 0) is 31.2 Å². The highest BCUT2D eigenvalue weighted by molar-refractivity contribution is 5.85. The highest BCUT2D eigenvalue weighted by Crippen LogP contribution is 2.24. The van der Waals surface area contributed by atoms with Crippen LogP contribution in [0.5, 0.6) is 0 Å². The van der Waals surface area contributed by atoms with Crippen molar-refractivity contribution in [3.63, 3.8) is 0 Å². The maximum atomic E-state index is 4.52. The van der Waals surface area contributed by atoms with Crippen LogP contribution in [0.15, 0.2) is 48.7 Å². The van der Waals surface area contributed by atoms with E-state index in [4.69, 9.17) is 0 Å². The number of para-hydroxylation sites is 1. The zero-order valence-electron chi connectivity index (χ0n) is 10.5. The molecule has 0 saturated heterocycles. The van der Waals surface area contributed by atoms with Crippen LogP contribution in [0.2, 0.25) is 0 Å². The number of imidazole rings is 1. The standard InChI is InChI=1S/C15H12N4/c1-10-6-7-15-16-9-14(19(15)18-10)13-8-11-4-2-3-5-12(11)17-13/h2-9,17H,1H3. The normalized spacial score (nSPS) is 11.4. The van der Waals surface area contributed by atoms with E-state index in [0.29, 0.717) is 0 Å². The maximum Gasteiger partial charge on any atom is 0.154 e. The van der Waals surface area contributed by atoms with Crippen molar-refractivity contribution in [2.75, 3.05) is 0 Å². The second-order valence-corrected chi connectivity index (χ2v) is 4.66. The molecule has 1 aromatic carbocycles. The molecule has 0 bridgehead atoms. The molecule has 0 radical (unpaired) electrons. The molecule has 0 amide bonds. The number of H-pyrrole nitrogens is 1. The van der Waals surface area contributed by atoms with Gasteiger partial charge in [0.15, 0.2) is 5.65 Å². The Morgan fingerprint density at radius 2 is 2.00 bits per heavy atom. The van der Waals surface area contributed by atoms with Crippen molar-refractivity contribution in [1.82, 2.24) is 19.6 Å². The Morgan fingerprint density at radius 3 is 2.89 bits per heavy atom. The van der Waals surface area contributed by atoms with E-state index in [1.807, 2.05) is 41.9 Å². The predicted octanol–water partition coefficient (Wildman–Crippen LogP) is 3.19.